The van der Waals surface area contributed by atoms with Gasteiger partial charge in [-0.15, -0.1) is 0 Å². The maximum Gasteiger partial charge on any atom is 0.332 e. The van der Waals surface area contributed by atoms with Crippen LogP contribution in [-0.2, 0) is 20.9 Å². The highest BCUT2D eigenvalue weighted by atomic mass is 16.5. The summed E-state index contributed by atoms with van der Waals surface area (Å²) in [7, 11) is 5.54. The van der Waals surface area contributed by atoms with Gasteiger partial charge >= 0.3 is 5.97 Å². The Balaban J connectivity index is 2.65. The zero-order chi connectivity index (χ0) is 16.0. The molecule has 1 rings (SSSR count). The minimum atomic E-state index is -1.27. The molecule has 1 amide bonds. The highest BCUT2D eigenvalue weighted by molar-refractivity contribution is 6.01. The lowest BCUT2D eigenvalue weighted by Gasteiger charge is -2.21. The molecular formula is C15H23N3O3. The summed E-state index contributed by atoms with van der Waals surface area (Å²) >= 11 is 0. The minimum absolute atomic E-state index is 0.204. The fourth-order valence-corrected chi connectivity index (χ4v) is 1.82. The number of amides is 1. The van der Waals surface area contributed by atoms with Gasteiger partial charge in [-0.1, -0.05) is 12.1 Å². The zero-order valence-electron chi connectivity index (χ0n) is 13.0. The number of benzene rings is 1. The average molecular weight is 293 g/mol. The van der Waals surface area contributed by atoms with Crippen LogP contribution < -0.4 is 10.6 Å². The molecule has 1 unspecified atom stereocenters. The van der Waals surface area contributed by atoms with Gasteiger partial charge in [0.05, 0.1) is 6.61 Å². The molecule has 0 saturated carbocycles. The van der Waals surface area contributed by atoms with Gasteiger partial charge in [-0.25, -0.2) is 4.79 Å². The van der Waals surface area contributed by atoms with E-state index in [1.54, 1.807) is 14.0 Å². The van der Waals surface area contributed by atoms with Crippen molar-refractivity contribution in [3.63, 3.8) is 0 Å². The molecule has 0 bridgehead atoms. The van der Waals surface area contributed by atoms with Crippen molar-refractivity contribution in [1.82, 2.24) is 4.90 Å². The number of hydrogen-bond donors (Lipinski definition) is 1. The molecule has 0 saturated heterocycles. The molecule has 0 spiro atoms. The predicted molar refractivity (Wildman–Crippen MR) is 81.9 cm³/mol. The van der Waals surface area contributed by atoms with E-state index in [0.717, 1.165) is 11.3 Å². The summed E-state index contributed by atoms with van der Waals surface area (Å²) in [5, 5.41) is 0. The molecule has 0 aliphatic carbocycles. The fourth-order valence-electron chi connectivity index (χ4n) is 1.82. The lowest BCUT2D eigenvalue weighted by Crippen LogP contribution is -2.47. The Kier molecular flexibility index (Phi) is 6.17. The monoisotopic (exact) mass is 293 g/mol. The lowest BCUT2D eigenvalue weighted by atomic mass is 10.1. The van der Waals surface area contributed by atoms with Gasteiger partial charge in [0.25, 0.3) is 5.91 Å². The topological polar surface area (TPSA) is 75.9 Å². The van der Waals surface area contributed by atoms with Crippen molar-refractivity contribution in [2.75, 3.05) is 32.6 Å². The van der Waals surface area contributed by atoms with Gasteiger partial charge in [0, 0.05) is 33.4 Å². The molecule has 1 aromatic carbocycles. The third kappa shape index (κ3) is 4.75. The van der Waals surface area contributed by atoms with E-state index in [-0.39, 0.29) is 6.61 Å². The van der Waals surface area contributed by atoms with Crippen LogP contribution in [0.1, 0.15) is 12.5 Å². The Morgan fingerprint density at radius 1 is 1.19 bits per heavy atom. The first kappa shape index (κ1) is 17.0. The maximum atomic E-state index is 12.0. The number of ether oxygens (including phenoxy) is 1. The lowest BCUT2D eigenvalue weighted by molar-refractivity contribution is -0.150. The van der Waals surface area contributed by atoms with E-state index in [1.807, 2.05) is 43.3 Å². The zero-order valence-corrected chi connectivity index (χ0v) is 13.0. The Morgan fingerprint density at radius 3 is 2.24 bits per heavy atom. The Labute approximate surface area is 125 Å². The summed E-state index contributed by atoms with van der Waals surface area (Å²) in [6.45, 7) is 2.26. The van der Waals surface area contributed by atoms with E-state index in [4.69, 9.17) is 10.5 Å². The van der Waals surface area contributed by atoms with Gasteiger partial charge in [-0.05, 0) is 24.6 Å². The van der Waals surface area contributed by atoms with Crippen LogP contribution in [0, 0.1) is 0 Å². The van der Waals surface area contributed by atoms with Crippen LogP contribution in [0.2, 0.25) is 0 Å². The average Bonchev–Trinajstić information content (AvgIpc) is 2.46. The van der Waals surface area contributed by atoms with Crippen molar-refractivity contribution in [2.24, 2.45) is 5.73 Å². The number of rotatable bonds is 6. The molecule has 116 valence electrons. The number of nitrogens with two attached hydrogens (primary N) is 1. The van der Waals surface area contributed by atoms with Gasteiger partial charge in [0.15, 0.2) is 6.04 Å². The van der Waals surface area contributed by atoms with E-state index in [1.165, 1.54) is 4.90 Å². The minimum Gasteiger partial charge on any atom is -0.464 e. The molecule has 0 radical (unpaired) electrons. The molecular weight excluding hydrogens is 270 g/mol. The molecule has 6 heteroatoms. The second-order valence-corrected chi connectivity index (χ2v) is 4.98. The van der Waals surface area contributed by atoms with Crippen molar-refractivity contribution in [3.8, 4) is 0 Å². The Hall–Kier alpha value is -2.08. The Bertz CT molecular complexity index is 485. The Morgan fingerprint density at radius 2 is 1.76 bits per heavy atom. The van der Waals surface area contributed by atoms with Crippen molar-refractivity contribution in [3.05, 3.63) is 29.8 Å². The largest absolute Gasteiger partial charge is 0.464 e. The number of esters is 1. The third-order valence-corrected chi connectivity index (χ3v) is 3.06. The number of anilines is 1. The summed E-state index contributed by atoms with van der Waals surface area (Å²) in [5.41, 5.74) is 7.64. The standard InChI is InChI=1S/C15H23N3O3/c1-5-21-15(20)13(16)14(19)18(4)10-11-6-8-12(9-7-11)17(2)3/h6-9,13H,5,10,16H2,1-4H3. The van der Waals surface area contributed by atoms with Crippen molar-refractivity contribution in [2.45, 2.75) is 19.5 Å². The van der Waals surface area contributed by atoms with E-state index in [0.29, 0.717) is 6.54 Å². The maximum absolute atomic E-state index is 12.0. The first-order valence-corrected chi connectivity index (χ1v) is 6.80. The number of carbonyl (C=O) groups is 2. The quantitative estimate of drug-likeness (QED) is 0.614. The first-order chi connectivity index (χ1) is 9.86. The second kappa shape index (κ2) is 7.64. The number of hydrogen-bond acceptors (Lipinski definition) is 5. The molecule has 0 aliphatic rings. The molecule has 1 atom stereocenters. The van der Waals surface area contributed by atoms with Gasteiger partial charge in [-0.3, -0.25) is 4.79 Å². The number of likely N-dealkylation sites (N-methyl/N-ethyl adjacent to an activating group) is 1. The smallest absolute Gasteiger partial charge is 0.332 e. The van der Waals surface area contributed by atoms with Crippen LogP contribution in [0.3, 0.4) is 0 Å². The van der Waals surface area contributed by atoms with Crippen LogP contribution in [0.4, 0.5) is 5.69 Å². The van der Waals surface area contributed by atoms with Crippen LogP contribution in [0.5, 0.6) is 0 Å². The molecule has 0 heterocycles. The van der Waals surface area contributed by atoms with Crippen molar-refractivity contribution in [1.29, 1.82) is 0 Å². The fraction of sp³-hybridized carbons (Fsp3) is 0.467. The van der Waals surface area contributed by atoms with E-state index in [9.17, 15) is 9.59 Å². The number of nitrogens with zero attached hydrogens (tertiary/aromatic N) is 2. The third-order valence-electron chi connectivity index (χ3n) is 3.06. The molecule has 0 aromatic heterocycles. The second-order valence-electron chi connectivity index (χ2n) is 4.98. The van der Waals surface area contributed by atoms with Crippen molar-refractivity contribution >= 4 is 17.6 Å². The summed E-state index contributed by atoms with van der Waals surface area (Å²) in [5.74, 6) is -1.15. The SMILES string of the molecule is CCOC(=O)C(N)C(=O)N(C)Cc1ccc(N(C)C)cc1. The van der Waals surface area contributed by atoms with Gasteiger partial charge in [0.1, 0.15) is 0 Å². The number of carbonyl (C=O) groups excluding carboxylic acids is 2. The summed E-state index contributed by atoms with van der Waals surface area (Å²) in [6, 6.07) is 6.55. The van der Waals surface area contributed by atoms with E-state index >= 15 is 0 Å². The van der Waals surface area contributed by atoms with Crippen LogP contribution >= 0.6 is 0 Å². The van der Waals surface area contributed by atoms with E-state index in [2.05, 4.69) is 0 Å². The highest BCUT2D eigenvalue weighted by Gasteiger charge is 2.26. The first-order valence-electron chi connectivity index (χ1n) is 6.80. The predicted octanol–water partition coefficient (Wildman–Crippen LogP) is 0.601. The van der Waals surface area contributed by atoms with Crippen LogP contribution in [0.15, 0.2) is 24.3 Å². The highest BCUT2D eigenvalue weighted by Crippen LogP contribution is 2.13. The summed E-state index contributed by atoms with van der Waals surface area (Å²) < 4.78 is 4.75. The molecule has 0 fully saturated rings. The van der Waals surface area contributed by atoms with E-state index < -0.39 is 17.9 Å². The molecule has 2 N–H and O–H groups in total. The molecule has 1 aromatic rings. The van der Waals surface area contributed by atoms with Crippen LogP contribution in [0.25, 0.3) is 0 Å². The van der Waals surface area contributed by atoms with Gasteiger partial charge in [-0.2, -0.15) is 0 Å². The van der Waals surface area contributed by atoms with Crippen LogP contribution in [-0.4, -0.2) is 50.6 Å². The van der Waals surface area contributed by atoms with Gasteiger partial charge in [0.2, 0.25) is 0 Å². The van der Waals surface area contributed by atoms with Crippen molar-refractivity contribution < 1.29 is 14.3 Å². The molecule has 6 nitrogen and oxygen atoms in total. The molecule has 21 heavy (non-hydrogen) atoms. The molecule has 0 aliphatic heterocycles. The normalized spacial score (nSPS) is 11.7. The van der Waals surface area contributed by atoms with Gasteiger partial charge < -0.3 is 20.3 Å². The summed E-state index contributed by atoms with van der Waals surface area (Å²) in [6.07, 6.45) is 0. The summed E-state index contributed by atoms with van der Waals surface area (Å²) in [4.78, 5) is 26.9.